The van der Waals surface area contributed by atoms with Crippen LogP contribution in [0.3, 0.4) is 0 Å². The molecule has 0 fully saturated rings. The number of amides is 1. The average molecular weight is 219 g/mol. The molecule has 0 saturated carbocycles. The van der Waals surface area contributed by atoms with Gasteiger partial charge in [0.2, 0.25) is 5.91 Å². The topological polar surface area (TPSA) is 49.3 Å². The second-order valence-electron chi connectivity index (χ2n) is 3.58. The van der Waals surface area contributed by atoms with Crippen molar-refractivity contribution in [3.05, 3.63) is 48.0 Å². The molecule has 0 aliphatic carbocycles. The van der Waals surface area contributed by atoms with Gasteiger partial charge in [0, 0.05) is 0 Å². The molecular weight excluding hydrogens is 202 g/mol. The second kappa shape index (κ2) is 6.80. The van der Waals surface area contributed by atoms with E-state index in [2.05, 4.69) is 5.32 Å². The third-order valence-corrected chi connectivity index (χ3v) is 2.21. The lowest BCUT2D eigenvalue weighted by Crippen LogP contribution is -2.38. The van der Waals surface area contributed by atoms with Crippen molar-refractivity contribution in [3.63, 3.8) is 0 Å². The summed E-state index contributed by atoms with van der Waals surface area (Å²) in [6, 6.07) is 9.55. The molecule has 1 aromatic carbocycles. The van der Waals surface area contributed by atoms with Crippen molar-refractivity contribution >= 4 is 5.91 Å². The summed E-state index contributed by atoms with van der Waals surface area (Å²) in [5, 5.41) is 11.9. The highest BCUT2D eigenvalue weighted by Crippen LogP contribution is 2.02. The smallest absolute Gasteiger partial charge is 0.243 e. The van der Waals surface area contributed by atoms with E-state index in [9.17, 15) is 4.79 Å². The van der Waals surface area contributed by atoms with Gasteiger partial charge in [-0.2, -0.15) is 0 Å². The first-order valence-electron chi connectivity index (χ1n) is 5.34. The van der Waals surface area contributed by atoms with E-state index < -0.39 is 0 Å². The molecule has 1 amide bonds. The highest BCUT2D eigenvalue weighted by molar-refractivity contribution is 5.87. The van der Waals surface area contributed by atoms with E-state index in [1.54, 1.807) is 13.0 Å². The van der Waals surface area contributed by atoms with Crippen molar-refractivity contribution in [2.45, 2.75) is 19.4 Å². The Morgan fingerprint density at radius 2 is 2.12 bits per heavy atom. The van der Waals surface area contributed by atoms with Gasteiger partial charge in [0.05, 0.1) is 12.6 Å². The predicted molar refractivity (Wildman–Crippen MR) is 64.0 cm³/mol. The van der Waals surface area contributed by atoms with Gasteiger partial charge in [-0.3, -0.25) is 4.79 Å². The van der Waals surface area contributed by atoms with Crippen LogP contribution in [-0.4, -0.2) is 23.7 Å². The molecule has 0 aliphatic rings. The summed E-state index contributed by atoms with van der Waals surface area (Å²) in [6.45, 7) is 1.73. The largest absolute Gasteiger partial charge is 0.394 e. The minimum atomic E-state index is -0.230. The maximum atomic E-state index is 11.3. The number of nitrogens with one attached hydrogen (secondary N) is 1. The minimum Gasteiger partial charge on any atom is -0.394 e. The van der Waals surface area contributed by atoms with E-state index in [4.69, 9.17) is 5.11 Å². The molecule has 0 unspecified atom stereocenters. The molecule has 16 heavy (non-hydrogen) atoms. The normalized spacial score (nSPS) is 12.6. The van der Waals surface area contributed by atoms with Crippen LogP contribution in [0.5, 0.6) is 0 Å². The molecule has 2 N–H and O–H groups in total. The van der Waals surface area contributed by atoms with Crippen LogP contribution >= 0.6 is 0 Å². The fourth-order valence-corrected chi connectivity index (χ4v) is 1.46. The Morgan fingerprint density at radius 1 is 1.44 bits per heavy atom. The van der Waals surface area contributed by atoms with Crippen molar-refractivity contribution in [2.24, 2.45) is 0 Å². The summed E-state index contributed by atoms with van der Waals surface area (Å²) in [4.78, 5) is 11.3. The molecule has 0 aromatic heterocycles. The summed E-state index contributed by atoms with van der Waals surface area (Å²) in [7, 11) is 0. The van der Waals surface area contributed by atoms with Crippen LogP contribution in [-0.2, 0) is 11.2 Å². The zero-order valence-electron chi connectivity index (χ0n) is 9.39. The minimum absolute atomic E-state index is 0.0574. The van der Waals surface area contributed by atoms with Crippen LogP contribution in [0.1, 0.15) is 12.5 Å². The molecule has 0 radical (unpaired) electrons. The van der Waals surface area contributed by atoms with Gasteiger partial charge in [0.15, 0.2) is 0 Å². The second-order valence-corrected chi connectivity index (χ2v) is 3.58. The molecule has 3 nitrogen and oxygen atoms in total. The number of aliphatic hydroxyl groups is 1. The van der Waals surface area contributed by atoms with E-state index in [0.717, 1.165) is 5.56 Å². The van der Waals surface area contributed by atoms with Crippen molar-refractivity contribution in [1.82, 2.24) is 5.32 Å². The van der Waals surface area contributed by atoms with Crippen molar-refractivity contribution < 1.29 is 9.90 Å². The lowest BCUT2D eigenvalue weighted by atomic mass is 10.1. The van der Waals surface area contributed by atoms with Crippen molar-refractivity contribution in [1.29, 1.82) is 0 Å². The Kier molecular flexibility index (Phi) is 5.29. The van der Waals surface area contributed by atoms with Crippen molar-refractivity contribution in [2.75, 3.05) is 6.61 Å². The van der Waals surface area contributed by atoms with Gasteiger partial charge in [-0.15, -0.1) is 0 Å². The predicted octanol–water partition coefficient (Wildman–Crippen LogP) is 1.28. The first-order valence-corrected chi connectivity index (χ1v) is 5.34. The Bertz CT molecular complexity index is 346. The number of rotatable bonds is 5. The van der Waals surface area contributed by atoms with Gasteiger partial charge in [-0.05, 0) is 25.0 Å². The summed E-state index contributed by atoms with van der Waals surface area (Å²) in [5.41, 5.74) is 1.10. The van der Waals surface area contributed by atoms with Crippen LogP contribution in [0.15, 0.2) is 42.5 Å². The summed E-state index contributed by atoms with van der Waals surface area (Å²) < 4.78 is 0. The molecule has 0 spiro atoms. The van der Waals surface area contributed by atoms with Gasteiger partial charge >= 0.3 is 0 Å². The van der Waals surface area contributed by atoms with Crippen LogP contribution in [0.2, 0.25) is 0 Å². The quantitative estimate of drug-likeness (QED) is 0.733. The van der Waals surface area contributed by atoms with Gasteiger partial charge in [0.25, 0.3) is 0 Å². The Balaban J connectivity index is 2.53. The Morgan fingerprint density at radius 3 is 2.69 bits per heavy atom. The van der Waals surface area contributed by atoms with Crippen LogP contribution < -0.4 is 5.32 Å². The molecule has 1 atom stereocenters. The zero-order chi connectivity index (χ0) is 11.8. The molecule has 86 valence electrons. The van der Waals surface area contributed by atoms with E-state index in [0.29, 0.717) is 6.42 Å². The van der Waals surface area contributed by atoms with Crippen LogP contribution in [0, 0.1) is 0 Å². The number of hydrogen-bond acceptors (Lipinski definition) is 2. The van der Waals surface area contributed by atoms with Gasteiger partial charge in [0.1, 0.15) is 0 Å². The first-order chi connectivity index (χ1) is 7.76. The number of carbonyl (C=O) groups is 1. The lowest BCUT2D eigenvalue weighted by Gasteiger charge is -2.15. The third-order valence-electron chi connectivity index (χ3n) is 2.21. The van der Waals surface area contributed by atoms with Gasteiger partial charge in [-0.1, -0.05) is 36.4 Å². The molecule has 0 bridgehead atoms. The van der Waals surface area contributed by atoms with E-state index in [1.807, 2.05) is 30.3 Å². The molecule has 1 rings (SSSR count). The fourth-order valence-electron chi connectivity index (χ4n) is 1.46. The Hall–Kier alpha value is -1.61. The van der Waals surface area contributed by atoms with E-state index >= 15 is 0 Å². The monoisotopic (exact) mass is 219 g/mol. The first kappa shape index (κ1) is 12.5. The maximum absolute atomic E-state index is 11.3. The van der Waals surface area contributed by atoms with Crippen molar-refractivity contribution in [3.8, 4) is 0 Å². The molecule has 3 heteroatoms. The van der Waals surface area contributed by atoms with Crippen LogP contribution in [0.25, 0.3) is 0 Å². The van der Waals surface area contributed by atoms with Gasteiger partial charge in [-0.25, -0.2) is 0 Å². The summed E-state index contributed by atoms with van der Waals surface area (Å²) in [5.74, 6) is -0.169. The highest BCUT2D eigenvalue weighted by atomic mass is 16.3. The molecule has 0 saturated heterocycles. The van der Waals surface area contributed by atoms with Crippen LogP contribution in [0.4, 0.5) is 0 Å². The molecular formula is C13H17NO2. The molecule has 0 aliphatic heterocycles. The number of aliphatic hydroxyl groups excluding tert-OH is 1. The number of carbonyl (C=O) groups excluding carboxylic acids is 1. The fraction of sp³-hybridized carbons (Fsp3) is 0.308. The number of allylic oxidation sites excluding steroid dienone is 1. The zero-order valence-corrected chi connectivity index (χ0v) is 9.39. The Labute approximate surface area is 95.8 Å². The average Bonchev–Trinajstić information content (AvgIpc) is 2.30. The third kappa shape index (κ3) is 4.28. The summed E-state index contributed by atoms with van der Waals surface area (Å²) >= 11 is 0. The SMILES string of the molecule is C/C=C/C(=O)N[C@H](CO)Cc1ccccc1. The van der Waals surface area contributed by atoms with Gasteiger partial charge < -0.3 is 10.4 Å². The van der Waals surface area contributed by atoms with E-state index in [1.165, 1.54) is 6.08 Å². The number of hydrogen-bond donors (Lipinski definition) is 2. The summed E-state index contributed by atoms with van der Waals surface area (Å²) in [6.07, 6.45) is 3.76. The lowest BCUT2D eigenvalue weighted by molar-refractivity contribution is -0.117. The maximum Gasteiger partial charge on any atom is 0.243 e. The highest BCUT2D eigenvalue weighted by Gasteiger charge is 2.09. The van der Waals surface area contributed by atoms with E-state index in [-0.39, 0.29) is 18.6 Å². The molecule has 0 heterocycles. The number of benzene rings is 1. The standard InChI is InChI=1S/C13H17NO2/c1-2-6-13(16)14-12(10-15)9-11-7-4-3-5-8-11/h2-8,12,15H,9-10H2,1H3,(H,14,16)/b6-2+/t12-/m0/s1. The molecule has 1 aromatic rings.